The second kappa shape index (κ2) is 9.53. The van der Waals surface area contributed by atoms with E-state index in [1.54, 1.807) is 54.7 Å². The number of hydrogen-bond donors (Lipinski definition) is 3. The van der Waals surface area contributed by atoms with Crippen molar-refractivity contribution in [2.24, 2.45) is 0 Å². The summed E-state index contributed by atoms with van der Waals surface area (Å²) in [6.45, 7) is 0. The Morgan fingerprint density at radius 3 is 2.14 bits per heavy atom. The first kappa shape index (κ1) is 20.9. The van der Waals surface area contributed by atoms with Gasteiger partial charge in [-0.2, -0.15) is 0 Å². The van der Waals surface area contributed by atoms with E-state index in [4.69, 9.17) is 0 Å². The van der Waals surface area contributed by atoms with Crippen LogP contribution >= 0.6 is 12.4 Å². The molecule has 144 valence electrons. The molecule has 0 fully saturated rings. The number of aromatic carboxylic acids is 2. The number of carboxylic acid groups (broad SMARTS) is 2. The van der Waals surface area contributed by atoms with Gasteiger partial charge in [0.2, 0.25) is 0 Å². The fourth-order valence-electron chi connectivity index (χ4n) is 2.98. The van der Waals surface area contributed by atoms with Gasteiger partial charge >= 0.3 is 11.9 Å². The quantitative estimate of drug-likeness (QED) is 0.550. The summed E-state index contributed by atoms with van der Waals surface area (Å²) in [7, 11) is 0. The Morgan fingerprint density at radius 2 is 1.54 bits per heavy atom. The predicted octanol–water partition coefficient (Wildman–Crippen LogP) is 4.29. The lowest BCUT2D eigenvalue weighted by atomic mass is 9.95. The van der Waals surface area contributed by atoms with Crippen LogP contribution in [0.25, 0.3) is 5.57 Å². The van der Waals surface area contributed by atoms with Crippen molar-refractivity contribution in [2.75, 3.05) is 0 Å². The number of aryl methyl sites for hydroxylation is 1. The van der Waals surface area contributed by atoms with Gasteiger partial charge in [-0.05, 0) is 36.1 Å². The number of hydrogen-bond acceptors (Lipinski definition) is 3. The third-order valence-corrected chi connectivity index (χ3v) is 4.23. The number of imidazole rings is 1. The average molecular weight is 399 g/mol. The Labute approximate surface area is 168 Å². The number of aromatic amines is 1. The summed E-state index contributed by atoms with van der Waals surface area (Å²) in [4.78, 5) is 30.1. The number of halogens is 1. The van der Waals surface area contributed by atoms with Gasteiger partial charge in [-0.25, -0.2) is 14.6 Å². The highest BCUT2D eigenvalue weighted by molar-refractivity contribution is 5.96. The number of H-pyrrole nitrogens is 1. The van der Waals surface area contributed by atoms with E-state index in [1.165, 1.54) is 6.33 Å². The van der Waals surface area contributed by atoms with E-state index in [2.05, 4.69) is 9.97 Å². The van der Waals surface area contributed by atoms with Crippen LogP contribution in [0.2, 0.25) is 0 Å². The van der Waals surface area contributed by atoms with Crippen molar-refractivity contribution in [3.63, 3.8) is 0 Å². The molecule has 28 heavy (non-hydrogen) atoms. The molecule has 0 spiro atoms. The molecule has 7 heteroatoms. The van der Waals surface area contributed by atoms with Gasteiger partial charge in [-0.15, -0.1) is 12.4 Å². The molecular formula is C21H19ClN2O4. The molecule has 3 rings (SSSR count). The summed E-state index contributed by atoms with van der Waals surface area (Å²) >= 11 is 0. The van der Waals surface area contributed by atoms with E-state index < -0.39 is 11.9 Å². The number of carboxylic acids is 2. The summed E-state index contributed by atoms with van der Waals surface area (Å²) in [5.74, 6) is -1.97. The maximum atomic E-state index is 11.6. The molecule has 0 unspecified atom stereocenters. The molecule has 1 aromatic heterocycles. The summed E-state index contributed by atoms with van der Waals surface area (Å²) in [5, 5.41) is 18.8. The first-order valence-electron chi connectivity index (χ1n) is 8.41. The summed E-state index contributed by atoms with van der Waals surface area (Å²) < 4.78 is 0. The molecule has 3 N–H and O–H groups in total. The first-order valence-corrected chi connectivity index (χ1v) is 8.41. The summed E-state index contributed by atoms with van der Waals surface area (Å²) in [5.41, 5.74) is 3.10. The van der Waals surface area contributed by atoms with Gasteiger partial charge in [0.1, 0.15) is 0 Å². The standard InChI is InChI=1S/C21H18N2O4.ClH/c24-20(25)15-8-2-1-6-14(15)7-5-11-17(19-12-22-13-23-19)16-9-3-4-10-18(16)21(26)27;/h1-4,6,8-13H,5,7H2,(H,22,23)(H,24,25)(H,26,27);1H/b17-11+;. The zero-order chi connectivity index (χ0) is 19.2. The molecule has 0 saturated carbocycles. The van der Waals surface area contributed by atoms with E-state index in [-0.39, 0.29) is 23.5 Å². The SMILES string of the molecule is Cl.O=C(O)c1ccccc1CC/C=C(/c1c[nH]cn1)c1ccccc1C(=O)O. The van der Waals surface area contributed by atoms with Gasteiger partial charge in [0, 0.05) is 11.8 Å². The number of aromatic nitrogens is 2. The molecule has 2 aromatic carbocycles. The molecule has 0 atom stereocenters. The van der Waals surface area contributed by atoms with Crippen LogP contribution < -0.4 is 0 Å². The zero-order valence-electron chi connectivity index (χ0n) is 14.8. The first-order chi connectivity index (χ1) is 13.1. The fourth-order valence-corrected chi connectivity index (χ4v) is 2.98. The van der Waals surface area contributed by atoms with Gasteiger partial charge in [0.25, 0.3) is 0 Å². The monoisotopic (exact) mass is 398 g/mol. The fraction of sp³-hybridized carbons (Fsp3) is 0.0952. The molecule has 3 aromatic rings. The minimum Gasteiger partial charge on any atom is -0.478 e. The minimum absolute atomic E-state index is 0. The number of rotatable bonds is 7. The minimum atomic E-state index is -1.01. The van der Waals surface area contributed by atoms with E-state index >= 15 is 0 Å². The van der Waals surface area contributed by atoms with Crippen LogP contribution in [0.15, 0.2) is 67.1 Å². The second-order valence-electron chi connectivity index (χ2n) is 5.92. The molecular weight excluding hydrogens is 380 g/mol. The van der Waals surface area contributed by atoms with Crippen LogP contribution in [-0.4, -0.2) is 32.1 Å². The van der Waals surface area contributed by atoms with Crippen LogP contribution in [0.5, 0.6) is 0 Å². The molecule has 0 aliphatic rings. The number of allylic oxidation sites excluding steroid dienone is 1. The molecule has 1 heterocycles. The van der Waals surface area contributed by atoms with Crippen LogP contribution in [0, 0.1) is 0 Å². The lowest BCUT2D eigenvalue weighted by Gasteiger charge is -2.10. The van der Waals surface area contributed by atoms with Crippen LogP contribution in [-0.2, 0) is 6.42 Å². The molecule has 0 saturated heterocycles. The smallest absolute Gasteiger partial charge is 0.336 e. The third-order valence-electron chi connectivity index (χ3n) is 4.23. The maximum Gasteiger partial charge on any atom is 0.336 e. The van der Waals surface area contributed by atoms with Crippen molar-refractivity contribution in [3.05, 3.63) is 95.1 Å². The summed E-state index contributed by atoms with van der Waals surface area (Å²) in [6, 6.07) is 13.6. The van der Waals surface area contributed by atoms with Gasteiger partial charge in [-0.3, -0.25) is 0 Å². The van der Waals surface area contributed by atoms with E-state index in [9.17, 15) is 19.8 Å². The summed E-state index contributed by atoms with van der Waals surface area (Å²) in [6.07, 6.45) is 6.20. The molecule has 0 aliphatic carbocycles. The lowest BCUT2D eigenvalue weighted by Crippen LogP contribution is -2.03. The Morgan fingerprint density at radius 1 is 0.929 bits per heavy atom. The number of nitrogens with zero attached hydrogens (tertiary/aromatic N) is 1. The maximum absolute atomic E-state index is 11.6. The van der Waals surface area contributed by atoms with Crippen molar-refractivity contribution in [3.8, 4) is 0 Å². The number of nitrogens with one attached hydrogen (secondary N) is 1. The van der Waals surface area contributed by atoms with Crippen molar-refractivity contribution >= 4 is 29.9 Å². The molecule has 0 radical (unpaired) electrons. The highest BCUT2D eigenvalue weighted by atomic mass is 35.5. The van der Waals surface area contributed by atoms with Crippen molar-refractivity contribution in [2.45, 2.75) is 12.8 Å². The van der Waals surface area contributed by atoms with Crippen molar-refractivity contribution in [1.29, 1.82) is 0 Å². The van der Waals surface area contributed by atoms with Crippen LogP contribution in [0.4, 0.5) is 0 Å². The average Bonchev–Trinajstić information content (AvgIpc) is 3.20. The number of benzene rings is 2. The Balaban J connectivity index is 0.00000280. The normalized spacial score (nSPS) is 10.9. The predicted molar refractivity (Wildman–Crippen MR) is 108 cm³/mol. The van der Waals surface area contributed by atoms with E-state index in [1.807, 2.05) is 6.08 Å². The van der Waals surface area contributed by atoms with Gasteiger partial charge in [0.15, 0.2) is 0 Å². The Bertz CT molecular complexity index is 997. The van der Waals surface area contributed by atoms with Crippen LogP contribution in [0.3, 0.4) is 0 Å². The largest absolute Gasteiger partial charge is 0.478 e. The topological polar surface area (TPSA) is 103 Å². The van der Waals surface area contributed by atoms with E-state index in [0.29, 0.717) is 29.7 Å². The second-order valence-corrected chi connectivity index (χ2v) is 5.92. The highest BCUT2D eigenvalue weighted by Crippen LogP contribution is 2.26. The highest BCUT2D eigenvalue weighted by Gasteiger charge is 2.16. The number of carbonyl (C=O) groups is 2. The Kier molecular flexibility index (Phi) is 7.12. The molecule has 6 nitrogen and oxygen atoms in total. The van der Waals surface area contributed by atoms with Gasteiger partial charge in [0.05, 0.1) is 23.1 Å². The molecule has 0 bridgehead atoms. The van der Waals surface area contributed by atoms with E-state index in [0.717, 1.165) is 5.56 Å². The third kappa shape index (κ3) is 4.66. The van der Waals surface area contributed by atoms with Crippen LogP contribution in [0.1, 0.15) is 44.0 Å². The van der Waals surface area contributed by atoms with Crippen molar-refractivity contribution in [1.82, 2.24) is 9.97 Å². The van der Waals surface area contributed by atoms with Gasteiger partial charge < -0.3 is 15.2 Å². The molecule has 0 aliphatic heterocycles. The molecule has 0 amide bonds. The Hall–Kier alpha value is -3.38. The van der Waals surface area contributed by atoms with Gasteiger partial charge in [-0.1, -0.05) is 42.5 Å². The van der Waals surface area contributed by atoms with Crippen molar-refractivity contribution < 1.29 is 19.8 Å². The zero-order valence-corrected chi connectivity index (χ0v) is 15.6. The lowest BCUT2D eigenvalue weighted by molar-refractivity contribution is 0.0685.